The van der Waals surface area contributed by atoms with Gasteiger partial charge in [-0.1, -0.05) is 25.0 Å². The van der Waals surface area contributed by atoms with Crippen LogP contribution in [0.3, 0.4) is 0 Å². The second kappa shape index (κ2) is 8.25. The van der Waals surface area contributed by atoms with Crippen LogP contribution in [0.15, 0.2) is 24.3 Å². The topological polar surface area (TPSA) is 78.6 Å². The van der Waals surface area contributed by atoms with Gasteiger partial charge in [0.2, 0.25) is 5.91 Å². The lowest BCUT2D eigenvalue weighted by Crippen LogP contribution is -2.63. The Morgan fingerprint density at radius 1 is 1.24 bits per heavy atom. The van der Waals surface area contributed by atoms with Gasteiger partial charge < -0.3 is 16.2 Å². The number of amides is 1. The average molecular weight is 349 g/mol. The number of hydrogen-bond donors (Lipinski definition) is 3. The van der Waals surface area contributed by atoms with Crippen LogP contribution in [0.1, 0.15) is 31.2 Å². The van der Waals surface area contributed by atoms with Crippen LogP contribution in [0.4, 0.5) is 4.39 Å². The summed E-state index contributed by atoms with van der Waals surface area (Å²) in [5.74, 6) is -0.0184. The van der Waals surface area contributed by atoms with Crippen molar-refractivity contribution < 1.29 is 14.3 Å². The molecule has 1 amide bonds. The van der Waals surface area contributed by atoms with E-state index in [9.17, 15) is 14.3 Å². The van der Waals surface area contributed by atoms with Crippen molar-refractivity contribution in [2.75, 3.05) is 19.7 Å². The van der Waals surface area contributed by atoms with Crippen molar-refractivity contribution in [2.24, 2.45) is 11.7 Å². The molecule has 138 valence electrons. The second-order valence-electron chi connectivity index (χ2n) is 7.40. The number of nitrogens with two attached hydrogens (primary N) is 1. The van der Waals surface area contributed by atoms with Crippen molar-refractivity contribution >= 4 is 5.91 Å². The smallest absolute Gasteiger partial charge is 0.240 e. The first-order valence-electron chi connectivity index (χ1n) is 9.22. The standard InChI is InChI=1S/C19H28FN3O2/c20-15-7-5-13(6-8-15)9-16-11-23(18(12-24)19(25)22-16)10-14-3-1-2-4-17(14)21/h5-8,14,16-18,24H,1-4,9-12,21H2,(H,22,25). The van der Waals surface area contributed by atoms with E-state index in [4.69, 9.17) is 5.73 Å². The van der Waals surface area contributed by atoms with Crippen molar-refractivity contribution in [3.63, 3.8) is 0 Å². The van der Waals surface area contributed by atoms with Crippen LogP contribution in [0.5, 0.6) is 0 Å². The van der Waals surface area contributed by atoms with Gasteiger partial charge in [-0.05, 0) is 42.9 Å². The number of carbonyl (C=O) groups excluding carboxylic acids is 1. The Kier molecular flexibility index (Phi) is 6.04. The third kappa shape index (κ3) is 4.57. The van der Waals surface area contributed by atoms with Gasteiger partial charge in [0.25, 0.3) is 0 Å². The van der Waals surface area contributed by atoms with E-state index in [1.807, 2.05) is 0 Å². The molecule has 1 aromatic rings. The summed E-state index contributed by atoms with van der Waals surface area (Å²) in [4.78, 5) is 14.5. The fourth-order valence-electron chi connectivity index (χ4n) is 4.10. The molecule has 2 aliphatic rings. The van der Waals surface area contributed by atoms with Crippen LogP contribution in [0, 0.1) is 11.7 Å². The summed E-state index contributed by atoms with van der Waals surface area (Å²) < 4.78 is 13.1. The molecule has 4 atom stereocenters. The summed E-state index contributed by atoms with van der Waals surface area (Å²) in [5, 5.41) is 12.7. The van der Waals surface area contributed by atoms with Crippen LogP contribution in [0.2, 0.25) is 0 Å². The number of rotatable bonds is 5. The van der Waals surface area contributed by atoms with Crippen molar-refractivity contribution in [2.45, 2.75) is 50.2 Å². The van der Waals surface area contributed by atoms with E-state index in [2.05, 4.69) is 10.2 Å². The van der Waals surface area contributed by atoms with Crippen LogP contribution in [0.25, 0.3) is 0 Å². The zero-order valence-corrected chi connectivity index (χ0v) is 14.5. The number of aliphatic hydroxyl groups excluding tert-OH is 1. The van der Waals surface area contributed by atoms with E-state index in [0.29, 0.717) is 18.9 Å². The number of nitrogens with one attached hydrogen (secondary N) is 1. The van der Waals surface area contributed by atoms with Crippen LogP contribution >= 0.6 is 0 Å². The maximum absolute atomic E-state index is 13.1. The molecule has 4 N–H and O–H groups in total. The van der Waals surface area contributed by atoms with Gasteiger partial charge in [0, 0.05) is 25.2 Å². The number of piperazine rings is 1. The summed E-state index contributed by atoms with van der Waals surface area (Å²) >= 11 is 0. The van der Waals surface area contributed by atoms with E-state index >= 15 is 0 Å². The third-order valence-electron chi connectivity index (χ3n) is 5.55. The van der Waals surface area contributed by atoms with Crippen molar-refractivity contribution in [3.8, 4) is 0 Å². The molecule has 0 aromatic heterocycles. The van der Waals surface area contributed by atoms with Crippen LogP contribution in [-0.2, 0) is 11.2 Å². The molecule has 3 rings (SSSR count). The normalized spacial score (nSPS) is 30.9. The highest BCUT2D eigenvalue weighted by Gasteiger charge is 2.36. The SMILES string of the molecule is NC1CCCCC1CN1CC(Cc2ccc(F)cc2)NC(=O)C1CO. The van der Waals surface area contributed by atoms with E-state index in [1.54, 1.807) is 12.1 Å². The zero-order valence-electron chi connectivity index (χ0n) is 14.5. The first kappa shape index (κ1) is 18.3. The zero-order chi connectivity index (χ0) is 17.8. The summed E-state index contributed by atoms with van der Waals surface area (Å²) in [6.07, 6.45) is 5.13. The van der Waals surface area contributed by atoms with Crippen molar-refractivity contribution in [1.82, 2.24) is 10.2 Å². The molecule has 0 spiro atoms. The molecule has 1 heterocycles. The molecular weight excluding hydrogens is 321 g/mol. The molecular formula is C19H28FN3O2. The van der Waals surface area contributed by atoms with E-state index < -0.39 is 6.04 Å². The molecule has 1 aliphatic heterocycles. The molecule has 25 heavy (non-hydrogen) atoms. The summed E-state index contributed by atoms with van der Waals surface area (Å²) in [5.41, 5.74) is 7.25. The predicted octanol–water partition coefficient (Wildman–Crippen LogP) is 1.05. The first-order valence-corrected chi connectivity index (χ1v) is 9.22. The highest BCUT2D eigenvalue weighted by Crippen LogP contribution is 2.25. The Labute approximate surface area is 148 Å². The average Bonchev–Trinajstić information content (AvgIpc) is 2.59. The maximum Gasteiger partial charge on any atom is 0.240 e. The third-order valence-corrected chi connectivity index (χ3v) is 5.55. The van der Waals surface area contributed by atoms with Gasteiger partial charge in [-0.2, -0.15) is 0 Å². The summed E-state index contributed by atoms with van der Waals surface area (Å²) in [6, 6.07) is 6.01. The maximum atomic E-state index is 13.1. The Bertz CT molecular complexity index is 581. The Morgan fingerprint density at radius 2 is 1.96 bits per heavy atom. The van der Waals surface area contributed by atoms with Crippen molar-refractivity contribution in [1.29, 1.82) is 0 Å². The monoisotopic (exact) mass is 349 g/mol. The minimum atomic E-state index is -0.501. The molecule has 4 unspecified atom stereocenters. The van der Waals surface area contributed by atoms with E-state index in [0.717, 1.165) is 24.9 Å². The van der Waals surface area contributed by atoms with Gasteiger partial charge in [0.1, 0.15) is 11.9 Å². The molecule has 1 aliphatic carbocycles. The second-order valence-corrected chi connectivity index (χ2v) is 7.40. The number of hydrogen-bond acceptors (Lipinski definition) is 4. The molecule has 6 heteroatoms. The quantitative estimate of drug-likeness (QED) is 0.742. The lowest BCUT2D eigenvalue weighted by molar-refractivity contribution is -0.133. The lowest BCUT2D eigenvalue weighted by Gasteiger charge is -2.42. The Balaban J connectivity index is 1.66. The minimum Gasteiger partial charge on any atom is -0.394 e. The molecule has 5 nitrogen and oxygen atoms in total. The van der Waals surface area contributed by atoms with Crippen LogP contribution < -0.4 is 11.1 Å². The number of halogens is 1. The van der Waals surface area contributed by atoms with Gasteiger partial charge in [-0.3, -0.25) is 9.69 Å². The Morgan fingerprint density at radius 3 is 2.64 bits per heavy atom. The van der Waals surface area contributed by atoms with Gasteiger partial charge in [0.15, 0.2) is 0 Å². The fraction of sp³-hybridized carbons (Fsp3) is 0.632. The van der Waals surface area contributed by atoms with Gasteiger partial charge in [-0.25, -0.2) is 4.39 Å². The van der Waals surface area contributed by atoms with Crippen molar-refractivity contribution in [3.05, 3.63) is 35.6 Å². The highest BCUT2D eigenvalue weighted by atomic mass is 19.1. The van der Waals surface area contributed by atoms with E-state index in [1.165, 1.54) is 25.0 Å². The lowest BCUT2D eigenvalue weighted by atomic mass is 9.84. The molecule has 1 saturated heterocycles. The van der Waals surface area contributed by atoms with E-state index in [-0.39, 0.29) is 30.4 Å². The van der Waals surface area contributed by atoms with Gasteiger partial charge >= 0.3 is 0 Å². The molecule has 2 fully saturated rings. The molecule has 1 aromatic carbocycles. The highest BCUT2D eigenvalue weighted by molar-refractivity contribution is 5.83. The van der Waals surface area contributed by atoms with Gasteiger partial charge in [-0.15, -0.1) is 0 Å². The van der Waals surface area contributed by atoms with Gasteiger partial charge in [0.05, 0.1) is 6.61 Å². The summed E-state index contributed by atoms with van der Waals surface area (Å²) in [7, 11) is 0. The number of carbonyl (C=O) groups is 1. The predicted molar refractivity (Wildman–Crippen MR) is 94.4 cm³/mol. The number of benzene rings is 1. The summed E-state index contributed by atoms with van der Waals surface area (Å²) in [6.45, 7) is 1.24. The number of nitrogens with zero attached hydrogens (tertiary/aromatic N) is 1. The Hall–Kier alpha value is -1.50. The molecule has 0 bridgehead atoms. The molecule has 0 radical (unpaired) electrons. The first-order chi connectivity index (χ1) is 12.1. The minimum absolute atomic E-state index is 0.0411. The number of aliphatic hydroxyl groups is 1. The molecule has 1 saturated carbocycles. The fourth-order valence-corrected chi connectivity index (χ4v) is 4.10. The van der Waals surface area contributed by atoms with Crippen LogP contribution in [-0.4, -0.2) is 53.7 Å². The largest absolute Gasteiger partial charge is 0.394 e.